The topological polar surface area (TPSA) is 71.1 Å². The number of rotatable bonds is 3. The first-order valence-corrected chi connectivity index (χ1v) is 5.68. The molecule has 0 spiro atoms. The number of halogens is 2. The Bertz CT molecular complexity index is 410. The minimum Gasteiger partial charge on any atom is -0.372 e. The molecule has 1 N–H and O–H groups in total. The van der Waals surface area contributed by atoms with Crippen molar-refractivity contribution in [2.45, 2.75) is 25.4 Å². The normalized spacial score (nSPS) is 23.1. The smallest absolute Gasteiger partial charge is 0.291 e. The van der Waals surface area contributed by atoms with Crippen LogP contribution in [-0.4, -0.2) is 57.7 Å². The number of ether oxygens (including phenoxy) is 1. The molecule has 6 nitrogen and oxygen atoms in total. The molecule has 1 atom stereocenters. The SMILES string of the molecule is CCO[C@H]1CCN(C(=O)c2ncn[nH]2)CC1(F)F. The lowest BCUT2D eigenvalue weighted by Crippen LogP contribution is -2.54. The van der Waals surface area contributed by atoms with Gasteiger partial charge in [0.05, 0.1) is 6.54 Å². The molecule has 0 unspecified atom stereocenters. The van der Waals surface area contributed by atoms with Gasteiger partial charge in [0.15, 0.2) is 0 Å². The summed E-state index contributed by atoms with van der Waals surface area (Å²) in [4.78, 5) is 16.6. The van der Waals surface area contributed by atoms with Crippen LogP contribution in [-0.2, 0) is 4.74 Å². The molecular formula is C10H14F2N4O2. The quantitative estimate of drug-likeness (QED) is 0.868. The van der Waals surface area contributed by atoms with Gasteiger partial charge in [-0.15, -0.1) is 0 Å². The largest absolute Gasteiger partial charge is 0.372 e. The Morgan fingerprint density at radius 1 is 1.72 bits per heavy atom. The number of H-pyrrole nitrogens is 1. The highest BCUT2D eigenvalue weighted by molar-refractivity contribution is 5.90. The van der Waals surface area contributed by atoms with Crippen LogP contribution in [0.1, 0.15) is 24.0 Å². The Kier molecular flexibility index (Phi) is 3.55. The van der Waals surface area contributed by atoms with Gasteiger partial charge >= 0.3 is 0 Å². The second-order valence-electron chi connectivity index (χ2n) is 4.05. The van der Waals surface area contributed by atoms with Crippen LogP contribution in [0.25, 0.3) is 0 Å². The van der Waals surface area contributed by atoms with E-state index in [0.29, 0.717) is 0 Å². The van der Waals surface area contributed by atoms with Crippen molar-refractivity contribution in [1.29, 1.82) is 0 Å². The summed E-state index contributed by atoms with van der Waals surface area (Å²) >= 11 is 0. The summed E-state index contributed by atoms with van der Waals surface area (Å²) in [6.45, 7) is 1.47. The van der Waals surface area contributed by atoms with Gasteiger partial charge in [-0.25, -0.2) is 13.8 Å². The Morgan fingerprint density at radius 3 is 3.06 bits per heavy atom. The lowest BCUT2D eigenvalue weighted by molar-refractivity contribution is -0.164. The average Bonchev–Trinajstić information content (AvgIpc) is 2.84. The van der Waals surface area contributed by atoms with Crippen LogP contribution in [0.4, 0.5) is 8.78 Å². The Hall–Kier alpha value is -1.57. The van der Waals surface area contributed by atoms with E-state index in [1.807, 2.05) is 0 Å². The molecule has 0 aliphatic carbocycles. The minimum atomic E-state index is -3.04. The number of carbonyl (C=O) groups excluding carboxylic acids is 1. The number of aromatic nitrogens is 3. The van der Waals surface area contributed by atoms with E-state index >= 15 is 0 Å². The van der Waals surface area contributed by atoms with E-state index in [-0.39, 0.29) is 25.4 Å². The number of amides is 1. The van der Waals surface area contributed by atoms with Crippen molar-refractivity contribution in [3.05, 3.63) is 12.2 Å². The molecule has 0 radical (unpaired) electrons. The van der Waals surface area contributed by atoms with Gasteiger partial charge in [0.25, 0.3) is 11.8 Å². The van der Waals surface area contributed by atoms with Crippen LogP contribution in [0.2, 0.25) is 0 Å². The minimum absolute atomic E-state index is 0.0272. The van der Waals surface area contributed by atoms with E-state index in [4.69, 9.17) is 4.74 Å². The number of piperidine rings is 1. The highest BCUT2D eigenvalue weighted by atomic mass is 19.3. The average molecular weight is 260 g/mol. The van der Waals surface area contributed by atoms with Crippen molar-refractivity contribution >= 4 is 5.91 Å². The number of nitrogens with zero attached hydrogens (tertiary/aromatic N) is 3. The monoisotopic (exact) mass is 260 g/mol. The van der Waals surface area contributed by atoms with Crippen LogP contribution >= 0.6 is 0 Å². The van der Waals surface area contributed by atoms with Gasteiger partial charge < -0.3 is 9.64 Å². The summed E-state index contributed by atoms with van der Waals surface area (Å²) in [7, 11) is 0. The molecular weight excluding hydrogens is 246 g/mol. The van der Waals surface area contributed by atoms with Crippen molar-refractivity contribution in [3.63, 3.8) is 0 Å². The summed E-state index contributed by atoms with van der Waals surface area (Å²) < 4.78 is 32.5. The lowest BCUT2D eigenvalue weighted by atomic mass is 10.0. The van der Waals surface area contributed by atoms with Crippen LogP contribution < -0.4 is 0 Å². The first-order valence-electron chi connectivity index (χ1n) is 5.68. The fourth-order valence-corrected chi connectivity index (χ4v) is 1.96. The lowest BCUT2D eigenvalue weighted by Gasteiger charge is -2.37. The van der Waals surface area contributed by atoms with Gasteiger partial charge in [0.2, 0.25) is 5.82 Å². The zero-order valence-electron chi connectivity index (χ0n) is 9.90. The van der Waals surface area contributed by atoms with E-state index in [2.05, 4.69) is 15.2 Å². The number of nitrogens with one attached hydrogen (secondary N) is 1. The van der Waals surface area contributed by atoms with E-state index in [9.17, 15) is 13.6 Å². The summed E-state index contributed by atoms with van der Waals surface area (Å²) in [6.07, 6.45) is 0.153. The van der Waals surface area contributed by atoms with Gasteiger partial charge in [-0.3, -0.25) is 9.89 Å². The molecule has 1 saturated heterocycles. The predicted molar refractivity (Wildman–Crippen MR) is 57.3 cm³/mol. The number of carbonyl (C=O) groups is 1. The Balaban J connectivity index is 2.04. The first-order chi connectivity index (χ1) is 8.54. The van der Waals surface area contributed by atoms with Crippen molar-refractivity contribution in [2.75, 3.05) is 19.7 Å². The third kappa shape index (κ3) is 2.47. The summed E-state index contributed by atoms with van der Waals surface area (Å²) in [5.41, 5.74) is 0. The van der Waals surface area contributed by atoms with Gasteiger partial charge in [0, 0.05) is 13.2 Å². The second-order valence-corrected chi connectivity index (χ2v) is 4.05. The first kappa shape index (κ1) is 12.9. The molecule has 1 amide bonds. The third-order valence-electron chi connectivity index (χ3n) is 2.81. The molecule has 0 saturated carbocycles. The van der Waals surface area contributed by atoms with Crippen molar-refractivity contribution in [2.24, 2.45) is 0 Å². The summed E-state index contributed by atoms with van der Waals surface area (Å²) in [5, 5.41) is 5.89. The molecule has 0 bridgehead atoms. The maximum atomic E-state index is 13.7. The highest BCUT2D eigenvalue weighted by Crippen LogP contribution is 2.30. The number of hydrogen-bond acceptors (Lipinski definition) is 4. The van der Waals surface area contributed by atoms with E-state index in [0.717, 1.165) is 4.90 Å². The van der Waals surface area contributed by atoms with Crippen LogP contribution in [0.15, 0.2) is 6.33 Å². The number of alkyl halides is 2. The molecule has 2 heterocycles. The standard InChI is InChI=1S/C10H14F2N4O2/c1-2-18-7-3-4-16(5-10(7,11)12)9(17)8-13-6-14-15-8/h6-7H,2-5H2,1H3,(H,13,14,15)/t7-/m0/s1. The molecule has 1 aromatic heterocycles. The number of aromatic amines is 1. The van der Waals surface area contributed by atoms with Gasteiger partial charge in [-0.1, -0.05) is 0 Å². The molecule has 2 rings (SSSR count). The predicted octanol–water partition coefficient (Wildman–Crippen LogP) is 0.691. The molecule has 8 heteroatoms. The van der Waals surface area contributed by atoms with E-state index in [1.54, 1.807) is 6.92 Å². The van der Waals surface area contributed by atoms with Crippen LogP contribution in [0.5, 0.6) is 0 Å². The molecule has 1 fully saturated rings. The van der Waals surface area contributed by atoms with Crippen molar-refractivity contribution < 1.29 is 18.3 Å². The van der Waals surface area contributed by atoms with Gasteiger partial charge in [-0.05, 0) is 13.3 Å². The van der Waals surface area contributed by atoms with E-state index in [1.165, 1.54) is 6.33 Å². The number of likely N-dealkylation sites (tertiary alicyclic amines) is 1. The zero-order chi connectivity index (χ0) is 13.2. The second kappa shape index (κ2) is 4.97. The van der Waals surface area contributed by atoms with Crippen molar-refractivity contribution in [3.8, 4) is 0 Å². The molecule has 100 valence electrons. The van der Waals surface area contributed by atoms with Crippen LogP contribution in [0, 0.1) is 0 Å². The fraction of sp³-hybridized carbons (Fsp3) is 0.700. The van der Waals surface area contributed by atoms with Gasteiger partial charge in [-0.2, -0.15) is 5.10 Å². The highest BCUT2D eigenvalue weighted by Gasteiger charge is 2.46. The summed E-state index contributed by atoms with van der Waals surface area (Å²) in [5.74, 6) is -3.63. The maximum Gasteiger partial charge on any atom is 0.291 e. The zero-order valence-corrected chi connectivity index (χ0v) is 9.90. The summed E-state index contributed by atoms with van der Waals surface area (Å²) in [6, 6.07) is 0. The molecule has 1 aliphatic heterocycles. The molecule has 1 aromatic rings. The molecule has 0 aromatic carbocycles. The molecule has 1 aliphatic rings. The maximum absolute atomic E-state index is 13.7. The number of hydrogen-bond donors (Lipinski definition) is 1. The molecule has 18 heavy (non-hydrogen) atoms. The Labute approximate surface area is 102 Å². The van der Waals surface area contributed by atoms with Crippen LogP contribution in [0.3, 0.4) is 0 Å². The third-order valence-corrected chi connectivity index (χ3v) is 2.81. The van der Waals surface area contributed by atoms with Crippen molar-refractivity contribution in [1.82, 2.24) is 20.1 Å². The fourth-order valence-electron chi connectivity index (χ4n) is 1.96. The Morgan fingerprint density at radius 2 is 2.50 bits per heavy atom. The van der Waals surface area contributed by atoms with E-state index < -0.39 is 24.5 Å². The van der Waals surface area contributed by atoms with Gasteiger partial charge in [0.1, 0.15) is 12.4 Å².